The molecule has 3 aromatic rings. The summed E-state index contributed by atoms with van der Waals surface area (Å²) in [5, 5.41) is 2.51. The maximum Gasteiger partial charge on any atom is 0.255 e. The van der Waals surface area contributed by atoms with E-state index >= 15 is 0 Å². The number of carbonyl (C=O) groups excluding carboxylic acids is 2. The van der Waals surface area contributed by atoms with Crippen LogP contribution in [0.2, 0.25) is 0 Å². The van der Waals surface area contributed by atoms with Crippen molar-refractivity contribution in [1.82, 2.24) is 0 Å². The lowest BCUT2D eigenvalue weighted by Gasteiger charge is -2.32. The Kier molecular flexibility index (Phi) is 6.16. The van der Waals surface area contributed by atoms with Crippen molar-refractivity contribution in [1.29, 1.82) is 0 Å². The van der Waals surface area contributed by atoms with Gasteiger partial charge in [0.15, 0.2) is 5.78 Å². The molecular formula is C27H22BrF2NO3. The van der Waals surface area contributed by atoms with Crippen LogP contribution in [-0.2, 0) is 0 Å². The lowest BCUT2D eigenvalue weighted by Crippen LogP contribution is -2.29. The minimum absolute atomic E-state index is 0.0921. The summed E-state index contributed by atoms with van der Waals surface area (Å²) in [5.74, 6) is -2.76. The molecule has 0 spiro atoms. The third-order valence-electron chi connectivity index (χ3n) is 5.47. The summed E-state index contributed by atoms with van der Waals surface area (Å²) in [5.41, 5.74) is 2.68. The molecule has 0 saturated carbocycles. The van der Waals surface area contributed by atoms with Gasteiger partial charge in [-0.3, -0.25) is 9.59 Å². The zero-order valence-electron chi connectivity index (χ0n) is 19.1. The van der Waals surface area contributed by atoms with Crippen molar-refractivity contribution in [2.45, 2.75) is 33.3 Å². The van der Waals surface area contributed by atoms with Crippen LogP contribution >= 0.6 is 15.9 Å². The number of hydrogen-bond acceptors (Lipinski definition) is 3. The quantitative estimate of drug-likeness (QED) is 0.369. The summed E-state index contributed by atoms with van der Waals surface area (Å²) in [4.78, 5) is 24.4. The van der Waals surface area contributed by atoms with E-state index in [-0.39, 0.29) is 11.3 Å². The van der Waals surface area contributed by atoms with Crippen LogP contribution in [0.15, 0.2) is 59.1 Å². The maximum atomic E-state index is 14.2. The number of ether oxygens (including phenoxy) is 1. The van der Waals surface area contributed by atoms with Crippen molar-refractivity contribution in [2.75, 3.05) is 5.32 Å². The second-order valence-electron chi connectivity index (χ2n) is 8.79. The second-order valence-corrected chi connectivity index (χ2v) is 9.64. The highest BCUT2D eigenvalue weighted by Gasteiger charge is 2.30. The van der Waals surface area contributed by atoms with Gasteiger partial charge in [0.1, 0.15) is 23.0 Å². The molecule has 1 N–H and O–H groups in total. The van der Waals surface area contributed by atoms with Crippen molar-refractivity contribution < 1.29 is 23.1 Å². The fraction of sp³-hybridized carbons (Fsp3) is 0.185. The highest BCUT2D eigenvalue weighted by atomic mass is 79.9. The molecule has 1 aliphatic heterocycles. The lowest BCUT2D eigenvalue weighted by atomic mass is 9.88. The third-order valence-corrected chi connectivity index (χ3v) is 6.06. The summed E-state index contributed by atoms with van der Waals surface area (Å²) in [6, 6.07) is 13.2. The number of fused-ring (bicyclic) bond motifs is 1. The SMILES string of the molecule is CC(=O)c1c(F)cc(NC(=O)c2cc(Br)c3c(c2)C(c2ccc(C)cc2)=CC(C)(C)O3)cc1F. The van der Waals surface area contributed by atoms with E-state index in [2.05, 4.69) is 21.2 Å². The first-order valence-electron chi connectivity index (χ1n) is 10.6. The fourth-order valence-electron chi connectivity index (χ4n) is 3.90. The average Bonchev–Trinajstić information content (AvgIpc) is 2.73. The molecule has 3 aromatic carbocycles. The Morgan fingerprint density at radius 1 is 1.00 bits per heavy atom. The van der Waals surface area contributed by atoms with E-state index < -0.39 is 34.5 Å². The minimum atomic E-state index is -1.03. The van der Waals surface area contributed by atoms with E-state index in [1.807, 2.05) is 51.1 Å². The normalized spacial score (nSPS) is 14.0. The molecular weight excluding hydrogens is 504 g/mol. The molecule has 0 aliphatic carbocycles. The Hall–Kier alpha value is -3.32. The van der Waals surface area contributed by atoms with Gasteiger partial charge in [-0.2, -0.15) is 0 Å². The van der Waals surface area contributed by atoms with Gasteiger partial charge in [0.05, 0.1) is 10.0 Å². The van der Waals surface area contributed by atoms with Gasteiger partial charge in [0.25, 0.3) is 5.91 Å². The number of halogens is 3. The van der Waals surface area contributed by atoms with E-state index in [4.69, 9.17) is 4.74 Å². The van der Waals surface area contributed by atoms with Gasteiger partial charge in [0.2, 0.25) is 0 Å². The molecule has 0 saturated heterocycles. The van der Waals surface area contributed by atoms with Crippen LogP contribution in [-0.4, -0.2) is 17.3 Å². The molecule has 1 amide bonds. The number of rotatable bonds is 4. The molecule has 0 aromatic heterocycles. The largest absolute Gasteiger partial charge is 0.482 e. The molecule has 7 heteroatoms. The second kappa shape index (κ2) is 8.80. The minimum Gasteiger partial charge on any atom is -0.482 e. The zero-order valence-corrected chi connectivity index (χ0v) is 20.6. The average molecular weight is 526 g/mol. The highest BCUT2D eigenvalue weighted by Crippen LogP contribution is 2.44. The van der Waals surface area contributed by atoms with Crippen molar-refractivity contribution >= 4 is 38.9 Å². The topological polar surface area (TPSA) is 55.4 Å². The summed E-state index contributed by atoms with van der Waals surface area (Å²) in [6.45, 7) is 6.98. The van der Waals surface area contributed by atoms with E-state index in [1.165, 1.54) is 0 Å². The van der Waals surface area contributed by atoms with Gasteiger partial charge in [-0.05, 0) is 85.1 Å². The molecule has 0 atom stereocenters. The van der Waals surface area contributed by atoms with Crippen LogP contribution in [0.5, 0.6) is 5.75 Å². The predicted molar refractivity (Wildman–Crippen MR) is 131 cm³/mol. The molecule has 0 fully saturated rings. The highest BCUT2D eigenvalue weighted by molar-refractivity contribution is 9.10. The summed E-state index contributed by atoms with van der Waals surface area (Å²) >= 11 is 3.51. The first-order chi connectivity index (χ1) is 15.9. The van der Waals surface area contributed by atoms with Crippen molar-refractivity contribution in [3.05, 3.63) is 98.5 Å². The van der Waals surface area contributed by atoms with Gasteiger partial charge in [-0.1, -0.05) is 29.8 Å². The van der Waals surface area contributed by atoms with Gasteiger partial charge in [-0.25, -0.2) is 8.78 Å². The van der Waals surface area contributed by atoms with E-state index in [1.54, 1.807) is 12.1 Å². The zero-order chi connectivity index (χ0) is 24.8. The lowest BCUT2D eigenvalue weighted by molar-refractivity contribution is 0.100. The molecule has 174 valence electrons. The summed E-state index contributed by atoms with van der Waals surface area (Å²) < 4.78 is 35.1. The number of aryl methyl sites for hydroxylation is 1. The van der Waals surface area contributed by atoms with Crippen LogP contribution in [0, 0.1) is 18.6 Å². The molecule has 1 heterocycles. The van der Waals surface area contributed by atoms with Gasteiger partial charge >= 0.3 is 0 Å². The van der Waals surface area contributed by atoms with Crippen molar-refractivity contribution in [3.8, 4) is 5.75 Å². The van der Waals surface area contributed by atoms with Gasteiger partial charge in [0, 0.05) is 16.8 Å². The monoisotopic (exact) mass is 525 g/mol. The molecule has 1 aliphatic rings. The number of carbonyl (C=O) groups is 2. The van der Waals surface area contributed by atoms with Crippen LogP contribution < -0.4 is 10.1 Å². The molecule has 0 radical (unpaired) electrons. The summed E-state index contributed by atoms with van der Waals surface area (Å²) in [7, 11) is 0. The fourth-order valence-corrected chi connectivity index (χ4v) is 4.44. The van der Waals surface area contributed by atoms with E-state index in [0.29, 0.717) is 15.8 Å². The first kappa shape index (κ1) is 23.8. The molecule has 4 rings (SSSR count). The smallest absolute Gasteiger partial charge is 0.255 e. The predicted octanol–water partition coefficient (Wildman–Crippen LogP) is 7.09. The molecule has 0 unspecified atom stereocenters. The Morgan fingerprint density at radius 3 is 2.21 bits per heavy atom. The summed E-state index contributed by atoms with van der Waals surface area (Å²) in [6.07, 6.45) is 2.00. The maximum absolute atomic E-state index is 14.2. The van der Waals surface area contributed by atoms with Crippen LogP contribution in [0.4, 0.5) is 14.5 Å². The molecule has 0 bridgehead atoms. The standard InChI is InChI=1S/C27H22BrF2NO3/c1-14-5-7-16(8-6-14)20-13-27(3,4)34-25-19(20)9-17(10-21(25)28)26(33)31-18-11-22(29)24(15(2)32)23(30)12-18/h5-13H,1-4H3,(H,31,33). The third kappa shape index (κ3) is 4.66. The number of nitrogens with one attached hydrogen (secondary N) is 1. The van der Waals surface area contributed by atoms with Crippen molar-refractivity contribution in [3.63, 3.8) is 0 Å². The Morgan fingerprint density at radius 2 is 1.62 bits per heavy atom. The Balaban J connectivity index is 1.74. The Bertz CT molecular complexity index is 1340. The number of ketones is 1. The van der Waals surface area contributed by atoms with Crippen LogP contribution in [0.1, 0.15) is 58.2 Å². The van der Waals surface area contributed by atoms with E-state index in [9.17, 15) is 18.4 Å². The van der Waals surface area contributed by atoms with Crippen molar-refractivity contribution in [2.24, 2.45) is 0 Å². The van der Waals surface area contributed by atoms with Crippen LogP contribution in [0.25, 0.3) is 5.57 Å². The molecule has 34 heavy (non-hydrogen) atoms. The number of amides is 1. The number of anilines is 1. The first-order valence-corrected chi connectivity index (χ1v) is 11.4. The van der Waals surface area contributed by atoms with Gasteiger partial charge < -0.3 is 10.1 Å². The molecule has 4 nitrogen and oxygen atoms in total. The number of hydrogen-bond donors (Lipinski definition) is 1. The van der Waals surface area contributed by atoms with E-state index in [0.717, 1.165) is 35.8 Å². The number of benzene rings is 3. The Labute approximate surface area is 204 Å². The number of Topliss-reactive ketones (excluding diaryl/α,β-unsaturated/α-hetero) is 1. The van der Waals surface area contributed by atoms with Gasteiger partial charge in [-0.15, -0.1) is 0 Å². The van der Waals surface area contributed by atoms with Crippen LogP contribution in [0.3, 0.4) is 0 Å².